The fraction of sp³-hybridized carbons (Fsp3) is 0.533. The van der Waals surface area contributed by atoms with Crippen LogP contribution in [0, 0.1) is 5.92 Å². The van der Waals surface area contributed by atoms with E-state index in [-0.39, 0.29) is 5.91 Å². The van der Waals surface area contributed by atoms with Crippen LogP contribution in [0.25, 0.3) is 0 Å². The smallest absolute Gasteiger partial charge is 0.251 e. The summed E-state index contributed by atoms with van der Waals surface area (Å²) in [6.45, 7) is 5.52. The minimum absolute atomic E-state index is 0.00555. The standard InChI is InChI=1S/C15H22N2O2/c1-2-19-14-5-3-13(4-6-14)15(18)17-10-8-12-7-9-16-11-12/h3-6,12,16H,2,7-11H2,1H3,(H,17,18). The van der Waals surface area contributed by atoms with Crippen molar-refractivity contribution < 1.29 is 9.53 Å². The summed E-state index contributed by atoms with van der Waals surface area (Å²) in [7, 11) is 0. The summed E-state index contributed by atoms with van der Waals surface area (Å²) >= 11 is 0. The molecule has 1 atom stereocenters. The van der Waals surface area contributed by atoms with E-state index < -0.39 is 0 Å². The maximum Gasteiger partial charge on any atom is 0.251 e. The van der Waals surface area contributed by atoms with E-state index in [0.717, 1.165) is 31.8 Å². The Morgan fingerprint density at radius 1 is 1.42 bits per heavy atom. The molecule has 2 rings (SSSR count). The van der Waals surface area contributed by atoms with Gasteiger partial charge in [-0.2, -0.15) is 0 Å². The summed E-state index contributed by atoms with van der Waals surface area (Å²) in [5.74, 6) is 1.51. The Labute approximate surface area is 114 Å². The Bertz CT molecular complexity index is 397. The monoisotopic (exact) mass is 262 g/mol. The molecule has 0 bridgehead atoms. The van der Waals surface area contributed by atoms with Gasteiger partial charge in [-0.05, 0) is 63.0 Å². The highest BCUT2D eigenvalue weighted by molar-refractivity contribution is 5.94. The van der Waals surface area contributed by atoms with E-state index in [2.05, 4.69) is 10.6 Å². The van der Waals surface area contributed by atoms with Crippen molar-refractivity contribution >= 4 is 5.91 Å². The van der Waals surface area contributed by atoms with Gasteiger partial charge in [0.25, 0.3) is 5.91 Å². The van der Waals surface area contributed by atoms with Crippen molar-refractivity contribution in [3.63, 3.8) is 0 Å². The summed E-state index contributed by atoms with van der Waals surface area (Å²) in [5, 5.41) is 6.30. The maximum atomic E-state index is 11.9. The van der Waals surface area contributed by atoms with Gasteiger partial charge in [0.05, 0.1) is 6.61 Å². The van der Waals surface area contributed by atoms with Crippen LogP contribution in [0.5, 0.6) is 5.75 Å². The van der Waals surface area contributed by atoms with Gasteiger partial charge >= 0.3 is 0 Å². The Kier molecular flexibility index (Phi) is 5.21. The van der Waals surface area contributed by atoms with Gasteiger partial charge in [0.1, 0.15) is 5.75 Å². The molecule has 0 aliphatic carbocycles. The van der Waals surface area contributed by atoms with Gasteiger partial charge in [0, 0.05) is 12.1 Å². The lowest BCUT2D eigenvalue weighted by Gasteiger charge is -2.09. The Morgan fingerprint density at radius 2 is 2.21 bits per heavy atom. The molecule has 1 heterocycles. The highest BCUT2D eigenvalue weighted by atomic mass is 16.5. The minimum atomic E-state index is -0.00555. The molecule has 1 aliphatic rings. The molecule has 0 radical (unpaired) electrons. The first-order valence-corrected chi connectivity index (χ1v) is 7.01. The van der Waals surface area contributed by atoms with Crippen molar-refractivity contribution in [2.45, 2.75) is 19.8 Å². The van der Waals surface area contributed by atoms with E-state index >= 15 is 0 Å². The van der Waals surface area contributed by atoms with Gasteiger partial charge in [-0.15, -0.1) is 0 Å². The second kappa shape index (κ2) is 7.14. The number of hydrogen-bond acceptors (Lipinski definition) is 3. The Balaban J connectivity index is 1.75. The molecular weight excluding hydrogens is 240 g/mol. The summed E-state index contributed by atoms with van der Waals surface area (Å²) in [6.07, 6.45) is 2.27. The second-order valence-corrected chi connectivity index (χ2v) is 4.86. The topological polar surface area (TPSA) is 50.4 Å². The average molecular weight is 262 g/mol. The van der Waals surface area contributed by atoms with Gasteiger partial charge in [0.15, 0.2) is 0 Å². The highest BCUT2D eigenvalue weighted by Crippen LogP contribution is 2.13. The second-order valence-electron chi connectivity index (χ2n) is 4.86. The van der Waals surface area contributed by atoms with E-state index in [1.165, 1.54) is 6.42 Å². The highest BCUT2D eigenvalue weighted by Gasteiger charge is 2.14. The molecule has 1 aromatic rings. The van der Waals surface area contributed by atoms with Crippen molar-refractivity contribution in [2.24, 2.45) is 5.92 Å². The van der Waals surface area contributed by atoms with Crippen molar-refractivity contribution in [1.82, 2.24) is 10.6 Å². The number of carbonyl (C=O) groups excluding carboxylic acids is 1. The molecule has 1 amide bonds. The van der Waals surface area contributed by atoms with Crippen LogP contribution in [0.2, 0.25) is 0 Å². The van der Waals surface area contributed by atoms with Crippen LogP contribution >= 0.6 is 0 Å². The van der Waals surface area contributed by atoms with Crippen molar-refractivity contribution in [1.29, 1.82) is 0 Å². The minimum Gasteiger partial charge on any atom is -0.494 e. The number of carbonyl (C=O) groups is 1. The van der Waals surface area contributed by atoms with Gasteiger partial charge < -0.3 is 15.4 Å². The Hall–Kier alpha value is -1.55. The third-order valence-corrected chi connectivity index (χ3v) is 3.43. The third-order valence-electron chi connectivity index (χ3n) is 3.43. The van der Waals surface area contributed by atoms with E-state index in [0.29, 0.717) is 18.1 Å². The average Bonchev–Trinajstić information content (AvgIpc) is 2.93. The molecule has 4 heteroatoms. The van der Waals surface area contributed by atoms with Crippen LogP contribution < -0.4 is 15.4 Å². The fourth-order valence-corrected chi connectivity index (χ4v) is 2.32. The molecule has 104 valence electrons. The number of amides is 1. The summed E-state index contributed by atoms with van der Waals surface area (Å²) < 4.78 is 5.35. The summed E-state index contributed by atoms with van der Waals surface area (Å²) in [5.41, 5.74) is 0.688. The first-order chi connectivity index (χ1) is 9.29. The molecule has 1 aliphatic heterocycles. The molecule has 4 nitrogen and oxygen atoms in total. The molecule has 19 heavy (non-hydrogen) atoms. The number of rotatable bonds is 6. The number of ether oxygens (including phenoxy) is 1. The molecule has 0 aromatic heterocycles. The maximum absolute atomic E-state index is 11.9. The van der Waals surface area contributed by atoms with Crippen LogP contribution in [-0.2, 0) is 0 Å². The van der Waals surface area contributed by atoms with Crippen LogP contribution in [0.1, 0.15) is 30.1 Å². The number of hydrogen-bond donors (Lipinski definition) is 2. The van der Waals surface area contributed by atoms with E-state index in [1.54, 1.807) is 12.1 Å². The molecule has 1 unspecified atom stereocenters. The molecule has 2 N–H and O–H groups in total. The van der Waals surface area contributed by atoms with E-state index in [4.69, 9.17) is 4.74 Å². The van der Waals surface area contributed by atoms with Gasteiger partial charge in [-0.3, -0.25) is 4.79 Å². The molecule has 0 spiro atoms. The zero-order valence-corrected chi connectivity index (χ0v) is 11.4. The molecular formula is C15H22N2O2. The van der Waals surface area contributed by atoms with Gasteiger partial charge in [-0.1, -0.05) is 0 Å². The van der Waals surface area contributed by atoms with Crippen LogP contribution in [0.4, 0.5) is 0 Å². The largest absolute Gasteiger partial charge is 0.494 e. The first kappa shape index (κ1) is 13.9. The van der Waals surface area contributed by atoms with Crippen LogP contribution in [0.3, 0.4) is 0 Å². The molecule has 0 saturated carbocycles. The van der Waals surface area contributed by atoms with Crippen LogP contribution in [0.15, 0.2) is 24.3 Å². The predicted octanol–water partition coefficient (Wildman–Crippen LogP) is 1.81. The molecule has 1 saturated heterocycles. The fourth-order valence-electron chi connectivity index (χ4n) is 2.32. The number of nitrogens with one attached hydrogen (secondary N) is 2. The normalized spacial score (nSPS) is 18.3. The molecule has 1 fully saturated rings. The lowest BCUT2D eigenvalue weighted by molar-refractivity contribution is 0.0951. The van der Waals surface area contributed by atoms with Crippen molar-refractivity contribution in [3.8, 4) is 5.75 Å². The van der Waals surface area contributed by atoms with Crippen molar-refractivity contribution in [2.75, 3.05) is 26.2 Å². The van der Waals surface area contributed by atoms with E-state index in [9.17, 15) is 4.79 Å². The lowest BCUT2D eigenvalue weighted by Crippen LogP contribution is -2.26. The van der Waals surface area contributed by atoms with Gasteiger partial charge in [0.2, 0.25) is 0 Å². The zero-order chi connectivity index (χ0) is 13.5. The SMILES string of the molecule is CCOc1ccc(C(=O)NCCC2CCNC2)cc1. The quantitative estimate of drug-likeness (QED) is 0.822. The number of benzene rings is 1. The van der Waals surface area contributed by atoms with Crippen LogP contribution in [-0.4, -0.2) is 32.1 Å². The van der Waals surface area contributed by atoms with E-state index in [1.807, 2.05) is 19.1 Å². The Morgan fingerprint density at radius 3 is 2.84 bits per heavy atom. The first-order valence-electron chi connectivity index (χ1n) is 7.01. The molecule has 1 aromatic carbocycles. The summed E-state index contributed by atoms with van der Waals surface area (Å²) in [4.78, 5) is 11.9. The van der Waals surface area contributed by atoms with Gasteiger partial charge in [-0.25, -0.2) is 0 Å². The predicted molar refractivity (Wildman–Crippen MR) is 75.5 cm³/mol. The summed E-state index contributed by atoms with van der Waals surface area (Å²) in [6, 6.07) is 7.27. The zero-order valence-electron chi connectivity index (χ0n) is 11.4. The van der Waals surface area contributed by atoms with Crippen molar-refractivity contribution in [3.05, 3.63) is 29.8 Å². The lowest BCUT2D eigenvalue weighted by atomic mass is 10.1. The third kappa shape index (κ3) is 4.24.